The molecular weight excluding hydrogens is 222 g/mol. The molecule has 1 aliphatic carbocycles. The summed E-state index contributed by atoms with van der Waals surface area (Å²) in [6.07, 6.45) is 7.37. The number of aromatic nitrogens is 1. The summed E-state index contributed by atoms with van der Waals surface area (Å²) < 4.78 is 0. The fourth-order valence-electron chi connectivity index (χ4n) is 3.52. The predicted octanol–water partition coefficient (Wildman–Crippen LogP) is 2.36. The van der Waals surface area contributed by atoms with Crippen molar-refractivity contribution in [3.63, 3.8) is 0 Å². The van der Waals surface area contributed by atoms with Gasteiger partial charge in [0.1, 0.15) is 0 Å². The molecule has 1 aliphatic heterocycles. The second-order valence-electron chi connectivity index (χ2n) is 5.82. The number of piperazine rings is 1. The van der Waals surface area contributed by atoms with Crippen molar-refractivity contribution in [3.8, 4) is 0 Å². The highest BCUT2D eigenvalue weighted by molar-refractivity contribution is 5.10. The molecule has 3 rings (SSSR count). The molecule has 1 aromatic heterocycles. The summed E-state index contributed by atoms with van der Waals surface area (Å²) in [6, 6.07) is 6.66. The summed E-state index contributed by atoms with van der Waals surface area (Å²) in [7, 11) is 0. The monoisotopic (exact) mass is 245 g/mol. The topological polar surface area (TPSA) is 28.2 Å². The van der Waals surface area contributed by atoms with E-state index in [2.05, 4.69) is 34.3 Å². The molecule has 2 heterocycles. The second-order valence-corrected chi connectivity index (χ2v) is 5.82. The smallest absolute Gasteiger partial charge is 0.0572 e. The van der Waals surface area contributed by atoms with Crippen LogP contribution < -0.4 is 5.32 Å². The van der Waals surface area contributed by atoms with Crippen LogP contribution >= 0.6 is 0 Å². The maximum absolute atomic E-state index is 4.51. The van der Waals surface area contributed by atoms with Crippen molar-refractivity contribution < 1.29 is 0 Å². The van der Waals surface area contributed by atoms with Crippen molar-refractivity contribution in [2.24, 2.45) is 0 Å². The fourth-order valence-corrected chi connectivity index (χ4v) is 3.52. The van der Waals surface area contributed by atoms with Crippen LogP contribution in [0.25, 0.3) is 0 Å². The van der Waals surface area contributed by atoms with Gasteiger partial charge in [0.2, 0.25) is 0 Å². The minimum absolute atomic E-state index is 0.404. The number of pyridine rings is 1. The molecule has 0 amide bonds. The van der Waals surface area contributed by atoms with Gasteiger partial charge < -0.3 is 5.32 Å². The lowest BCUT2D eigenvalue weighted by Gasteiger charge is -2.44. The van der Waals surface area contributed by atoms with Crippen LogP contribution in [0, 0.1) is 0 Å². The van der Waals surface area contributed by atoms with Gasteiger partial charge in [-0.1, -0.05) is 18.9 Å². The van der Waals surface area contributed by atoms with Gasteiger partial charge in [-0.3, -0.25) is 9.88 Å². The van der Waals surface area contributed by atoms with Gasteiger partial charge in [0.05, 0.1) is 5.69 Å². The van der Waals surface area contributed by atoms with Crippen molar-refractivity contribution in [2.45, 2.75) is 44.2 Å². The SMILES string of the molecule is CC(c1ccccn1)N1CCNC2(CCCC2)C1. The van der Waals surface area contributed by atoms with E-state index in [4.69, 9.17) is 0 Å². The van der Waals surface area contributed by atoms with Gasteiger partial charge in [0, 0.05) is 37.4 Å². The maximum atomic E-state index is 4.51. The summed E-state index contributed by atoms with van der Waals surface area (Å²) in [5.74, 6) is 0. The Morgan fingerprint density at radius 2 is 2.17 bits per heavy atom. The summed E-state index contributed by atoms with van der Waals surface area (Å²) in [5.41, 5.74) is 1.61. The van der Waals surface area contributed by atoms with Crippen molar-refractivity contribution in [3.05, 3.63) is 30.1 Å². The third-order valence-corrected chi connectivity index (χ3v) is 4.63. The molecule has 1 N–H and O–H groups in total. The van der Waals surface area contributed by atoms with E-state index in [1.165, 1.54) is 37.9 Å². The molecule has 1 saturated heterocycles. The van der Waals surface area contributed by atoms with E-state index in [1.54, 1.807) is 0 Å². The zero-order chi connectivity index (χ0) is 12.4. The highest BCUT2D eigenvalue weighted by atomic mass is 15.2. The molecule has 2 fully saturated rings. The number of nitrogens with one attached hydrogen (secondary N) is 1. The van der Waals surface area contributed by atoms with Gasteiger partial charge in [0.15, 0.2) is 0 Å². The quantitative estimate of drug-likeness (QED) is 0.867. The van der Waals surface area contributed by atoms with E-state index >= 15 is 0 Å². The minimum Gasteiger partial charge on any atom is -0.309 e. The van der Waals surface area contributed by atoms with Crippen LogP contribution in [0.5, 0.6) is 0 Å². The van der Waals surface area contributed by atoms with Crippen molar-refractivity contribution in [2.75, 3.05) is 19.6 Å². The van der Waals surface area contributed by atoms with E-state index in [0.717, 1.165) is 13.1 Å². The Labute approximate surface area is 110 Å². The molecular formula is C15H23N3. The molecule has 1 saturated carbocycles. The van der Waals surface area contributed by atoms with E-state index in [0.29, 0.717) is 11.6 Å². The molecule has 2 aliphatic rings. The Kier molecular flexibility index (Phi) is 3.35. The lowest BCUT2D eigenvalue weighted by Crippen LogP contribution is -2.59. The van der Waals surface area contributed by atoms with E-state index < -0.39 is 0 Å². The highest BCUT2D eigenvalue weighted by Crippen LogP contribution is 2.34. The van der Waals surface area contributed by atoms with Crippen LogP contribution in [0.15, 0.2) is 24.4 Å². The van der Waals surface area contributed by atoms with Crippen LogP contribution in [0.2, 0.25) is 0 Å². The summed E-state index contributed by atoms with van der Waals surface area (Å²) in [4.78, 5) is 7.11. The normalized spacial score (nSPS) is 25.4. The zero-order valence-corrected chi connectivity index (χ0v) is 11.2. The average Bonchev–Trinajstić information content (AvgIpc) is 2.87. The van der Waals surface area contributed by atoms with E-state index in [9.17, 15) is 0 Å². The van der Waals surface area contributed by atoms with Gasteiger partial charge in [-0.2, -0.15) is 0 Å². The van der Waals surface area contributed by atoms with Gasteiger partial charge in [0.25, 0.3) is 0 Å². The summed E-state index contributed by atoms with van der Waals surface area (Å²) >= 11 is 0. The number of hydrogen-bond acceptors (Lipinski definition) is 3. The molecule has 3 heteroatoms. The molecule has 1 unspecified atom stereocenters. The van der Waals surface area contributed by atoms with Crippen molar-refractivity contribution >= 4 is 0 Å². The second kappa shape index (κ2) is 4.98. The standard InChI is InChI=1S/C15H23N3/c1-13(14-6-2-5-9-16-14)18-11-10-17-15(12-18)7-3-4-8-15/h2,5-6,9,13,17H,3-4,7-8,10-12H2,1H3. The van der Waals surface area contributed by atoms with Crippen LogP contribution in [-0.4, -0.2) is 35.1 Å². The van der Waals surface area contributed by atoms with Crippen molar-refractivity contribution in [1.82, 2.24) is 15.2 Å². The largest absolute Gasteiger partial charge is 0.309 e. The van der Waals surface area contributed by atoms with Gasteiger partial charge in [-0.05, 0) is 31.9 Å². The third kappa shape index (κ3) is 2.29. The van der Waals surface area contributed by atoms with Crippen LogP contribution in [0.1, 0.15) is 44.3 Å². The van der Waals surface area contributed by atoms with E-state index in [1.807, 2.05) is 12.3 Å². The fraction of sp³-hybridized carbons (Fsp3) is 0.667. The lowest BCUT2D eigenvalue weighted by atomic mass is 9.93. The highest BCUT2D eigenvalue weighted by Gasteiger charge is 2.38. The number of nitrogens with zero attached hydrogens (tertiary/aromatic N) is 2. The Morgan fingerprint density at radius 3 is 2.89 bits per heavy atom. The Hall–Kier alpha value is -0.930. The molecule has 3 nitrogen and oxygen atoms in total. The Bertz CT molecular complexity index is 384. The molecule has 98 valence electrons. The Balaban J connectivity index is 1.72. The molecule has 1 spiro atoms. The van der Waals surface area contributed by atoms with E-state index in [-0.39, 0.29) is 0 Å². The molecule has 0 aromatic carbocycles. The Morgan fingerprint density at radius 1 is 1.33 bits per heavy atom. The molecule has 1 atom stereocenters. The first-order valence-electron chi connectivity index (χ1n) is 7.19. The summed E-state index contributed by atoms with van der Waals surface area (Å²) in [5, 5.41) is 3.77. The minimum atomic E-state index is 0.404. The first-order chi connectivity index (χ1) is 8.79. The first kappa shape index (κ1) is 12.1. The molecule has 18 heavy (non-hydrogen) atoms. The maximum Gasteiger partial charge on any atom is 0.0572 e. The number of rotatable bonds is 2. The first-order valence-corrected chi connectivity index (χ1v) is 7.19. The number of hydrogen-bond donors (Lipinski definition) is 1. The summed E-state index contributed by atoms with van der Waals surface area (Å²) in [6.45, 7) is 5.73. The third-order valence-electron chi connectivity index (χ3n) is 4.63. The predicted molar refractivity (Wildman–Crippen MR) is 73.4 cm³/mol. The lowest BCUT2D eigenvalue weighted by molar-refractivity contribution is 0.0989. The van der Waals surface area contributed by atoms with Gasteiger partial charge in [-0.25, -0.2) is 0 Å². The molecule has 1 aromatic rings. The molecule has 0 bridgehead atoms. The molecule has 0 radical (unpaired) electrons. The average molecular weight is 245 g/mol. The van der Waals surface area contributed by atoms with Crippen LogP contribution in [0.4, 0.5) is 0 Å². The van der Waals surface area contributed by atoms with Crippen LogP contribution in [0.3, 0.4) is 0 Å². The zero-order valence-electron chi connectivity index (χ0n) is 11.2. The van der Waals surface area contributed by atoms with Crippen LogP contribution in [-0.2, 0) is 0 Å². The van der Waals surface area contributed by atoms with Gasteiger partial charge >= 0.3 is 0 Å². The van der Waals surface area contributed by atoms with Gasteiger partial charge in [-0.15, -0.1) is 0 Å². The van der Waals surface area contributed by atoms with Crippen molar-refractivity contribution in [1.29, 1.82) is 0 Å².